The highest BCUT2D eigenvalue weighted by Gasteiger charge is 2.06. The first kappa shape index (κ1) is 15.0. The van der Waals surface area contributed by atoms with Crippen LogP contribution >= 0.6 is 15.9 Å². The quantitative estimate of drug-likeness (QED) is 0.809. The molecule has 0 heterocycles. The number of amides is 1. The first-order chi connectivity index (χ1) is 8.49. The second kappa shape index (κ2) is 7.38. The van der Waals surface area contributed by atoms with E-state index in [4.69, 9.17) is 10.5 Å². The van der Waals surface area contributed by atoms with Gasteiger partial charge in [0.15, 0.2) is 6.61 Å². The van der Waals surface area contributed by atoms with E-state index in [0.29, 0.717) is 18.2 Å². The fourth-order valence-corrected chi connectivity index (χ4v) is 1.88. The van der Waals surface area contributed by atoms with E-state index in [-0.39, 0.29) is 6.61 Å². The third-order valence-electron chi connectivity index (χ3n) is 2.26. The Morgan fingerprint density at radius 2 is 2.22 bits per heavy atom. The third-order valence-corrected chi connectivity index (χ3v) is 2.75. The number of carbonyl (C=O) groups is 1. The molecule has 0 aliphatic rings. The van der Waals surface area contributed by atoms with Crippen LogP contribution in [0.1, 0.15) is 19.4 Å². The summed E-state index contributed by atoms with van der Waals surface area (Å²) in [6.45, 7) is 5.84. The highest BCUT2D eigenvalue weighted by molar-refractivity contribution is 9.10. The van der Waals surface area contributed by atoms with Gasteiger partial charge in [-0.3, -0.25) is 4.79 Å². The van der Waals surface area contributed by atoms with Gasteiger partial charge in [-0.2, -0.15) is 0 Å². The van der Waals surface area contributed by atoms with Crippen molar-refractivity contribution in [2.75, 3.05) is 13.2 Å². The Labute approximate surface area is 116 Å². The maximum Gasteiger partial charge on any atom is 0.255 e. The predicted octanol–water partition coefficient (Wildman–Crippen LogP) is 2.06. The Balaban J connectivity index is 2.67. The molecule has 0 saturated heterocycles. The molecule has 0 aliphatic heterocycles. The largest absolute Gasteiger partial charge is 0.483 e. The smallest absolute Gasteiger partial charge is 0.255 e. The zero-order chi connectivity index (χ0) is 13.5. The lowest BCUT2D eigenvalue weighted by Gasteiger charge is -2.12. The van der Waals surface area contributed by atoms with Gasteiger partial charge in [0.25, 0.3) is 5.91 Å². The maximum atomic E-state index is 10.7. The number of ether oxygens (including phenoxy) is 1. The van der Waals surface area contributed by atoms with Crippen molar-refractivity contribution in [1.29, 1.82) is 0 Å². The van der Waals surface area contributed by atoms with Crippen LogP contribution in [0.5, 0.6) is 5.75 Å². The molecule has 0 atom stereocenters. The van der Waals surface area contributed by atoms with Crippen LogP contribution in [0.4, 0.5) is 0 Å². The Morgan fingerprint density at radius 3 is 2.83 bits per heavy atom. The second-order valence-corrected chi connectivity index (χ2v) is 5.45. The summed E-state index contributed by atoms with van der Waals surface area (Å²) in [4.78, 5) is 10.7. The molecule has 5 heteroatoms. The maximum absolute atomic E-state index is 10.7. The minimum atomic E-state index is -0.473. The van der Waals surface area contributed by atoms with E-state index in [1.54, 1.807) is 0 Å². The molecule has 0 fully saturated rings. The molecule has 18 heavy (non-hydrogen) atoms. The van der Waals surface area contributed by atoms with E-state index in [2.05, 4.69) is 35.1 Å². The number of hydrogen-bond acceptors (Lipinski definition) is 3. The predicted molar refractivity (Wildman–Crippen MR) is 75.4 cm³/mol. The van der Waals surface area contributed by atoms with Crippen LogP contribution in [-0.4, -0.2) is 19.1 Å². The highest BCUT2D eigenvalue weighted by Crippen LogP contribution is 2.23. The molecule has 1 aromatic carbocycles. The first-order valence-corrected chi connectivity index (χ1v) is 6.68. The minimum Gasteiger partial charge on any atom is -0.483 e. The van der Waals surface area contributed by atoms with Crippen molar-refractivity contribution < 1.29 is 9.53 Å². The van der Waals surface area contributed by atoms with Crippen molar-refractivity contribution in [3.8, 4) is 5.75 Å². The van der Waals surface area contributed by atoms with Gasteiger partial charge < -0.3 is 15.8 Å². The van der Waals surface area contributed by atoms with Crippen LogP contribution in [-0.2, 0) is 11.3 Å². The number of nitrogens with one attached hydrogen (secondary N) is 1. The lowest BCUT2D eigenvalue weighted by molar-refractivity contribution is -0.119. The van der Waals surface area contributed by atoms with E-state index in [9.17, 15) is 4.79 Å². The molecule has 0 saturated carbocycles. The molecule has 1 rings (SSSR count). The molecule has 0 aliphatic carbocycles. The van der Waals surface area contributed by atoms with Gasteiger partial charge in [0.2, 0.25) is 0 Å². The van der Waals surface area contributed by atoms with Crippen molar-refractivity contribution in [1.82, 2.24) is 5.32 Å². The molecule has 1 amide bonds. The number of hydrogen-bond donors (Lipinski definition) is 2. The summed E-state index contributed by atoms with van der Waals surface area (Å²) < 4.78 is 6.36. The molecule has 1 aromatic rings. The number of carbonyl (C=O) groups excluding carboxylic acids is 1. The van der Waals surface area contributed by atoms with E-state index < -0.39 is 5.91 Å². The average Bonchev–Trinajstić information content (AvgIpc) is 2.27. The van der Waals surface area contributed by atoms with Gasteiger partial charge in [0.1, 0.15) is 5.75 Å². The van der Waals surface area contributed by atoms with Crippen molar-refractivity contribution in [3.05, 3.63) is 28.2 Å². The molecule has 0 radical (unpaired) electrons. The van der Waals surface area contributed by atoms with Crippen LogP contribution in [0.3, 0.4) is 0 Å². The molecule has 100 valence electrons. The zero-order valence-electron chi connectivity index (χ0n) is 10.7. The van der Waals surface area contributed by atoms with Crippen molar-refractivity contribution in [3.63, 3.8) is 0 Å². The topological polar surface area (TPSA) is 64.3 Å². The Morgan fingerprint density at radius 1 is 1.50 bits per heavy atom. The van der Waals surface area contributed by atoms with Gasteiger partial charge in [0, 0.05) is 16.6 Å². The fraction of sp³-hybridized carbons (Fsp3) is 0.462. The summed E-state index contributed by atoms with van der Waals surface area (Å²) in [6, 6.07) is 5.69. The van der Waals surface area contributed by atoms with Gasteiger partial charge >= 0.3 is 0 Å². The summed E-state index contributed by atoms with van der Waals surface area (Å²) in [5, 5.41) is 3.34. The van der Waals surface area contributed by atoms with Gasteiger partial charge in [-0.1, -0.05) is 29.8 Å². The highest BCUT2D eigenvalue weighted by atomic mass is 79.9. The van der Waals surface area contributed by atoms with E-state index in [0.717, 1.165) is 16.6 Å². The summed E-state index contributed by atoms with van der Waals surface area (Å²) in [6.07, 6.45) is 0. The van der Waals surface area contributed by atoms with Crippen molar-refractivity contribution >= 4 is 21.8 Å². The van der Waals surface area contributed by atoms with Crippen LogP contribution in [0.2, 0.25) is 0 Å². The van der Waals surface area contributed by atoms with Gasteiger partial charge in [0.05, 0.1) is 0 Å². The number of benzene rings is 1. The standard InChI is InChI=1S/C13H19BrN2O2/c1-9(2)6-16-7-10-5-11(14)3-4-12(10)18-8-13(15)17/h3-5,9,16H,6-8H2,1-2H3,(H2,15,17). The normalized spacial score (nSPS) is 10.7. The summed E-state index contributed by atoms with van der Waals surface area (Å²) in [5.41, 5.74) is 6.08. The lowest BCUT2D eigenvalue weighted by atomic mass is 10.2. The van der Waals surface area contributed by atoms with E-state index in [1.807, 2.05) is 18.2 Å². The van der Waals surface area contributed by atoms with Crippen LogP contribution < -0.4 is 15.8 Å². The van der Waals surface area contributed by atoms with E-state index in [1.165, 1.54) is 0 Å². The van der Waals surface area contributed by atoms with Crippen molar-refractivity contribution in [2.45, 2.75) is 20.4 Å². The summed E-state index contributed by atoms with van der Waals surface area (Å²) >= 11 is 3.42. The SMILES string of the molecule is CC(C)CNCc1cc(Br)ccc1OCC(N)=O. The van der Waals surface area contributed by atoms with Gasteiger partial charge in [-0.15, -0.1) is 0 Å². The number of primary amides is 1. The Hall–Kier alpha value is -1.07. The second-order valence-electron chi connectivity index (χ2n) is 4.53. The van der Waals surface area contributed by atoms with Gasteiger partial charge in [-0.25, -0.2) is 0 Å². The van der Waals surface area contributed by atoms with Crippen LogP contribution in [0.15, 0.2) is 22.7 Å². The molecule has 4 nitrogen and oxygen atoms in total. The molecular formula is C13H19BrN2O2. The summed E-state index contributed by atoms with van der Waals surface area (Å²) in [5.74, 6) is 0.805. The molecule has 0 aromatic heterocycles. The third kappa shape index (κ3) is 5.51. The van der Waals surface area contributed by atoms with Crippen molar-refractivity contribution in [2.24, 2.45) is 11.7 Å². The number of nitrogens with two attached hydrogens (primary N) is 1. The molecule has 3 N–H and O–H groups in total. The number of rotatable bonds is 7. The lowest BCUT2D eigenvalue weighted by Crippen LogP contribution is -2.22. The van der Waals surface area contributed by atoms with E-state index >= 15 is 0 Å². The van der Waals surface area contributed by atoms with Gasteiger partial charge in [-0.05, 0) is 30.7 Å². The Kier molecular flexibility index (Phi) is 6.15. The molecular weight excluding hydrogens is 296 g/mol. The van der Waals surface area contributed by atoms with Crippen LogP contribution in [0, 0.1) is 5.92 Å². The molecule has 0 bridgehead atoms. The number of halogens is 1. The first-order valence-electron chi connectivity index (χ1n) is 5.89. The average molecular weight is 315 g/mol. The zero-order valence-corrected chi connectivity index (χ0v) is 12.3. The Bertz CT molecular complexity index is 408. The van der Waals surface area contributed by atoms with Crippen LogP contribution in [0.25, 0.3) is 0 Å². The monoisotopic (exact) mass is 314 g/mol. The minimum absolute atomic E-state index is 0.0984. The molecule has 0 unspecified atom stereocenters. The fourth-order valence-electron chi connectivity index (χ4n) is 1.47. The summed E-state index contributed by atoms with van der Waals surface area (Å²) in [7, 11) is 0. The molecule has 0 spiro atoms.